The summed E-state index contributed by atoms with van der Waals surface area (Å²) in [7, 11) is -1.45. The van der Waals surface area contributed by atoms with Crippen LogP contribution >= 0.6 is 0 Å². The van der Waals surface area contributed by atoms with E-state index in [9.17, 15) is 13.2 Å². The van der Waals surface area contributed by atoms with E-state index >= 15 is 0 Å². The molecule has 168 valence electrons. The fraction of sp³-hybridized carbons (Fsp3) is 0.200. The van der Waals surface area contributed by atoms with Crippen molar-refractivity contribution in [2.75, 3.05) is 12.4 Å². The predicted molar refractivity (Wildman–Crippen MR) is 125 cm³/mol. The summed E-state index contributed by atoms with van der Waals surface area (Å²) >= 11 is 0. The number of aromatic nitrogens is 2. The Morgan fingerprint density at radius 3 is 2.82 bits per heavy atom. The van der Waals surface area contributed by atoms with E-state index in [-0.39, 0.29) is 36.3 Å². The van der Waals surface area contributed by atoms with E-state index in [0.717, 1.165) is 22.0 Å². The van der Waals surface area contributed by atoms with Crippen LogP contribution in [0.15, 0.2) is 71.9 Å². The number of fused-ring (bicyclic) bond motifs is 2. The maximum atomic E-state index is 12.7. The van der Waals surface area contributed by atoms with Crippen molar-refractivity contribution in [3.8, 4) is 11.1 Å². The summed E-state index contributed by atoms with van der Waals surface area (Å²) in [6.07, 6.45) is 3.75. The Labute approximate surface area is 192 Å². The number of pyridine rings is 1. The third-order valence-corrected chi connectivity index (χ3v) is 7.64. The summed E-state index contributed by atoms with van der Waals surface area (Å²) < 4.78 is 32.4. The smallest absolute Gasteiger partial charge is 0.251 e. The Balaban J connectivity index is 1.34. The van der Waals surface area contributed by atoms with E-state index in [1.165, 1.54) is 6.07 Å². The van der Waals surface area contributed by atoms with Gasteiger partial charge < -0.3 is 14.6 Å². The lowest BCUT2D eigenvalue weighted by molar-refractivity contribution is 0.0950. The van der Waals surface area contributed by atoms with E-state index in [2.05, 4.69) is 39.1 Å². The molecule has 33 heavy (non-hydrogen) atoms. The fourth-order valence-electron chi connectivity index (χ4n) is 4.05. The summed E-state index contributed by atoms with van der Waals surface area (Å²) in [4.78, 5) is 17.3. The van der Waals surface area contributed by atoms with Gasteiger partial charge in [-0.05, 0) is 59.2 Å². The molecular formula is C25H23N3O4S. The first-order chi connectivity index (χ1) is 15.9. The number of aryl methyl sites for hydroxylation is 1. The molecule has 7 nitrogen and oxygen atoms in total. The maximum absolute atomic E-state index is 12.7. The van der Waals surface area contributed by atoms with Gasteiger partial charge in [0, 0.05) is 35.9 Å². The first-order valence-corrected chi connectivity index (χ1v) is 12.3. The lowest BCUT2D eigenvalue weighted by Gasteiger charge is -2.10. The number of nitrogens with zero attached hydrogens (tertiary/aromatic N) is 2. The van der Waals surface area contributed by atoms with Gasteiger partial charge in [-0.25, -0.2) is 8.42 Å². The lowest BCUT2D eigenvalue weighted by Crippen LogP contribution is -2.23. The molecule has 8 heteroatoms. The molecule has 0 fully saturated rings. The van der Waals surface area contributed by atoms with Crippen molar-refractivity contribution in [2.45, 2.75) is 18.0 Å². The molecule has 1 N–H and O–H groups in total. The molecule has 1 aliphatic rings. The summed E-state index contributed by atoms with van der Waals surface area (Å²) in [5, 5.41) is 4.00. The third-order valence-electron chi connectivity index (χ3n) is 5.88. The molecule has 0 spiro atoms. The van der Waals surface area contributed by atoms with E-state index in [4.69, 9.17) is 4.74 Å². The van der Waals surface area contributed by atoms with Gasteiger partial charge in [0.1, 0.15) is 0 Å². The molecule has 0 radical (unpaired) electrons. The summed E-state index contributed by atoms with van der Waals surface area (Å²) in [6.45, 7) is 0.604. The van der Waals surface area contributed by atoms with Crippen molar-refractivity contribution in [3.05, 3.63) is 83.8 Å². The van der Waals surface area contributed by atoms with Crippen LogP contribution in [0.5, 0.6) is 0 Å². The van der Waals surface area contributed by atoms with Crippen LogP contribution in [0.2, 0.25) is 0 Å². The highest BCUT2D eigenvalue weighted by Crippen LogP contribution is 2.26. The number of carbonyl (C=O) groups is 1. The Hall–Kier alpha value is -3.49. The van der Waals surface area contributed by atoms with Crippen LogP contribution in [0.4, 0.5) is 0 Å². The van der Waals surface area contributed by atoms with Crippen molar-refractivity contribution in [2.24, 2.45) is 7.05 Å². The minimum atomic E-state index is -3.47. The number of sulfone groups is 1. The summed E-state index contributed by atoms with van der Waals surface area (Å²) in [5.41, 5.74) is 4.83. The van der Waals surface area contributed by atoms with Crippen LogP contribution in [0.3, 0.4) is 0 Å². The molecule has 0 unspecified atom stereocenters. The number of nitrogens with one attached hydrogen (secondary N) is 1. The molecule has 1 amide bonds. The van der Waals surface area contributed by atoms with Gasteiger partial charge in [-0.1, -0.05) is 12.1 Å². The second-order valence-corrected chi connectivity index (χ2v) is 10.2. The van der Waals surface area contributed by atoms with E-state index in [1.807, 2.05) is 25.4 Å². The molecule has 0 atom stereocenters. The van der Waals surface area contributed by atoms with Crippen molar-refractivity contribution < 1.29 is 17.9 Å². The van der Waals surface area contributed by atoms with Crippen molar-refractivity contribution in [3.63, 3.8) is 0 Å². The normalized spacial score (nSPS) is 15.1. The van der Waals surface area contributed by atoms with Gasteiger partial charge in [0.15, 0.2) is 9.84 Å². The number of carbonyl (C=O) groups excluding carboxylic acids is 1. The Morgan fingerprint density at radius 2 is 1.94 bits per heavy atom. The molecule has 3 heterocycles. The third kappa shape index (κ3) is 4.27. The van der Waals surface area contributed by atoms with Gasteiger partial charge in [0.25, 0.3) is 5.91 Å². The molecule has 0 saturated heterocycles. The minimum absolute atomic E-state index is 0.0867. The zero-order valence-electron chi connectivity index (χ0n) is 18.1. The Morgan fingerprint density at radius 1 is 1.09 bits per heavy atom. The van der Waals surface area contributed by atoms with Gasteiger partial charge >= 0.3 is 0 Å². The van der Waals surface area contributed by atoms with Gasteiger partial charge in [0.05, 0.1) is 36.1 Å². The molecule has 5 rings (SSSR count). The van der Waals surface area contributed by atoms with Gasteiger partial charge in [-0.3, -0.25) is 9.78 Å². The summed E-state index contributed by atoms with van der Waals surface area (Å²) in [6, 6.07) is 17.0. The van der Waals surface area contributed by atoms with E-state index < -0.39 is 9.84 Å². The fourth-order valence-corrected chi connectivity index (χ4v) is 5.44. The zero-order chi connectivity index (χ0) is 23.0. The molecule has 2 aromatic heterocycles. The Bertz CT molecular complexity index is 1470. The predicted octanol–water partition coefficient (Wildman–Crippen LogP) is 3.47. The largest absolute Gasteiger partial charge is 0.376 e. The van der Waals surface area contributed by atoms with Gasteiger partial charge in [-0.15, -0.1) is 0 Å². The molecule has 1 aliphatic heterocycles. The first-order valence-electron chi connectivity index (χ1n) is 10.6. The standard InChI is InChI=1S/C25H23N3O4S/c1-28-9-7-19-12-17(4-5-23(19)28)18-6-8-26-22(13-18)15-27-25(29)20-2-3-21-16-32-10-11-33(30,31)24(21)14-20/h2-9,12-14H,10-11,15-16H2,1H3,(H,27,29). The first kappa shape index (κ1) is 21.4. The number of hydrogen-bond acceptors (Lipinski definition) is 5. The van der Waals surface area contributed by atoms with E-state index in [0.29, 0.717) is 16.8 Å². The maximum Gasteiger partial charge on any atom is 0.251 e. The summed E-state index contributed by atoms with van der Waals surface area (Å²) in [5.74, 6) is -0.438. The zero-order valence-corrected chi connectivity index (χ0v) is 18.9. The van der Waals surface area contributed by atoms with E-state index in [1.54, 1.807) is 18.3 Å². The molecular weight excluding hydrogens is 438 g/mol. The number of ether oxygens (including phenoxy) is 1. The molecule has 2 aromatic carbocycles. The number of hydrogen-bond donors (Lipinski definition) is 1. The number of rotatable bonds is 4. The average molecular weight is 462 g/mol. The molecule has 0 aliphatic carbocycles. The van der Waals surface area contributed by atoms with Crippen LogP contribution in [0.1, 0.15) is 21.6 Å². The second-order valence-electron chi connectivity index (χ2n) is 8.11. The topological polar surface area (TPSA) is 90.3 Å². The van der Waals surface area contributed by atoms with Crippen LogP contribution in [-0.4, -0.2) is 36.2 Å². The average Bonchev–Trinajstić information content (AvgIpc) is 3.12. The number of benzene rings is 2. The lowest BCUT2D eigenvalue weighted by atomic mass is 10.0. The highest BCUT2D eigenvalue weighted by Gasteiger charge is 2.23. The Kier molecular flexibility index (Phi) is 5.47. The van der Waals surface area contributed by atoms with Crippen molar-refractivity contribution in [1.29, 1.82) is 0 Å². The van der Waals surface area contributed by atoms with Gasteiger partial charge in [0.2, 0.25) is 0 Å². The monoisotopic (exact) mass is 461 g/mol. The molecule has 0 bridgehead atoms. The van der Waals surface area contributed by atoms with Crippen LogP contribution in [0.25, 0.3) is 22.0 Å². The SMILES string of the molecule is Cn1ccc2cc(-c3ccnc(CNC(=O)c4ccc5c(c4)S(=O)(=O)CCOC5)c3)ccc21. The number of amides is 1. The highest BCUT2D eigenvalue weighted by molar-refractivity contribution is 7.91. The van der Waals surface area contributed by atoms with Crippen LogP contribution < -0.4 is 5.32 Å². The van der Waals surface area contributed by atoms with Gasteiger partial charge in [-0.2, -0.15) is 0 Å². The highest BCUT2D eigenvalue weighted by atomic mass is 32.2. The van der Waals surface area contributed by atoms with Crippen LogP contribution in [-0.2, 0) is 34.8 Å². The van der Waals surface area contributed by atoms with Crippen molar-refractivity contribution in [1.82, 2.24) is 14.9 Å². The van der Waals surface area contributed by atoms with Crippen molar-refractivity contribution >= 4 is 26.6 Å². The molecule has 4 aromatic rings. The second kappa shape index (κ2) is 8.46. The minimum Gasteiger partial charge on any atom is -0.376 e. The molecule has 0 saturated carbocycles. The quantitative estimate of drug-likeness (QED) is 0.503. The van der Waals surface area contributed by atoms with Crippen LogP contribution in [0, 0.1) is 0 Å².